The SMILES string of the molecule is CCC(=O)N(OC(=O)COc1ccc2c(=O)c(/C(C)=C/C=C(\C)F)c(C)oc2c1)C(C)=O. The molecule has 0 aliphatic rings. The van der Waals surface area contributed by atoms with Gasteiger partial charge in [0.25, 0.3) is 11.8 Å². The van der Waals surface area contributed by atoms with Crippen LogP contribution in [0.25, 0.3) is 16.5 Å². The van der Waals surface area contributed by atoms with Gasteiger partial charge in [-0.2, -0.15) is 0 Å². The van der Waals surface area contributed by atoms with Crippen LogP contribution >= 0.6 is 0 Å². The third-order valence-corrected chi connectivity index (χ3v) is 4.36. The summed E-state index contributed by atoms with van der Waals surface area (Å²) in [5.41, 5.74) is 0.828. The highest BCUT2D eigenvalue weighted by Gasteiger charge is 2.22. The molecule has 0 radical (unpaired) electrons. The minimum Gasteiger partial charge on any atom is -0.482 e. The lowest BCUT2D eigenvalue weighted by Crippen LogP contribution is -2.38. The Hall–Kier alpha value is -3.75. The summed E-state index contributed by atoms with van der Waals surface area (Å²) in [6, 6.07) is 4.39. The molecular weight excluding hydrogens is 421 g/mol. The Morgan fingerprint density at radius 1 is 1.16 bits per heavy atom. The number of carbonyl (C=O) groups is 3. The molecule has 0 bridgehead atoms. The predicted molar refractivity (Wildman–Crippen MR) is 115 cm³/mol. The first-order chi connectivity index (χ1) is 15.0. The Morgan fingerprint density at radius 2 is 1.84 bits per heavy atom. The molecule has 1 heterocycles. The summed E-state index contributed by atoms with van der Waals surface area (Å²) in [6.45, 7) is 6.64. The van der Waals surface area contributed by atoms with Crippen molar-refractivity contribution in [3.8, 4) is 5.75 Å². The number of hydrogen-bond donors (Lipinski definition) is 0. The van der Waals surface area contributed by atoms with Crippen molar-refractivity contribution in [1.82, 2.24) is 5.06 Å². The molecule has 0 unspecified atom stereocenters. The topological polar surface area (TPSA) is 103 Å². The van der Waals surface area contributed by atoms with E-state index in [0.717, 1.165) is 6.92 Å². The maximum atomic E-state index is 13.0. The van der Waals surface area contributed by atoms with Crippen molar-refractivity contribution in [2.24, 2.45) is 0 Å². The zero-order chi connectivity index (χ0) is 24.0. The highest BCUT2D eigenvalue weighted by atomic mass is 19.1. The summed E-state index contributed by atoms with van der Waals surface area (Å²) >= 11 is 0. The first kappa shape index (κ1) is 24.5. The number of benzene rings is 1. The zero-order valence-corrected chi connectivity index (χ0v) is 18.5. The highest BCUT2D eigenvalue weighted by Crippen LogP contribution is 2.24. The zero-order valence-electron chi connectivity index (χ0n) is 18.5. The number of nitrogens with zero attached hydrogens (tertiary/aromatic N) is 1. The Morgan fingerprint density at radius 3 is 2.44 bits per heavy atom. The number of allylic oxidation sites excluding steroid dienone is 4. The molecule has 8 nitrogen and oxygen atoms in total. The summed E-state index contributed by atoms with van der Waals surface area (Å²) in [5, 5.41) is 0.663. The quantitative estimate of drug-likeness (QED) is 0.489. The van der Waals surface area contributed by atoms with E-state index in [9.17, 15) is 23.6 Å². The second kappa shape index (κ2) is 10.5. The fraction of sp³-hybridized carbons (Fsp3) is 0.304. The normalized spacial score (nSPS) is 11.9. The van der Waals surface area contributed by atoms with E-state index in [1.807, 2.05) is 0 Å². The van der Waals surface area contributed by atoms with Crippen molar-refractivity contribution in [2.45, 2.75) is 41.0 Å². The van der Waals surface area contributed by atoms with E-state index in [-0.39, 0.29) is 28.6 Å². The number of hydroxylamine groups is 2. The van der Waals surface area contributed by atoms with Crippen molar-refractivity contribution >= 4 is 34.3 Å². The number of aryl methyl sites for hydroxylation is 1. The van der Waals surface area contributed by atoms with Gasteiger partial charge in [0.15, 0.2) is 12.0 Å². The van der Waals surface area contributed by atoms with Crippen molar-refractivity contribution in [2.75, 3.05) is 6.61 Å². The van der Waals surface area contributed by atoms with Crippen LogP contribution in [-0.2, 0) is 19.2 Å². The molecule has 0 atom stereocenters. The molecule has 0 fully saturated rings. The standard InChI is InChI=1S/C23H24FNO7/c1-6-20(27)25(16(5)26)32-21(28)12-30-17-9-10-18-19(11-17)31-15(4)22(23(18)29)13(2)7-8-14(3)24/h7-11H,6,12H2,1-5H3/b13-7+,14-8+. The van der Waals surface area contributed by atoms with E-state index in [1.54, 1.807) is 13.8 Å². The van der Waals surface area contributed by atoms with Crippen LogP contribution in [0.1, 0.15) is 45.4 Å². The van der Waals surface area contributed by atoms with Crippen molar-refractivity contribution in [1.29, 1.82) is 0 Å². The first-order valence-corrected chi connectivity index (χ1v) is 9.80. The molecular formula is C23H24FNO7. The molecule has 2 aromatic rings. The molecule has 0 N–H and O–H groups in total. The molecule has 0 spiro atoms. The Bertz CT molecular complexity index is 1170. The molecule has 1 aromatic heterocycles. The number of fused-ring (bicyclic) bond motifs is 1. The lowest BCUT2D eigenvalue weighted by molar-refractivity contribution is -0.202. The summed E-state index contributed by atoms with van der Waals surface area (Å²) in [7, 11) is 0. The van der Waals surface area contributed by atoms with Gasteiger partial charge in [0.1, 0.15) is 17.1 Å². The third kappa shape index (κ3) is 5.90. The number of carbonyl (C=O) groups excluding carboxylic acids is 3. The number of imide groups is 1. The van der Waals surface area contributed by atoms with Crippen molar-refractivity contribution < 1.29 is 32.8 Å². The number of hydrogen-bond acceptors (Lipinski definition) is 7. The molecule has 32 heavy (non-hydrogen) atoms. The highest BCUT2D eigenvalue weighted by molar-refractivity contribution is 5.94. The molecule has 1 aromatic carbocycles. The fourth-order valence-electron chi connectivity index (χ4n) is 2.86. The van der Waals surface area contributed by atoms with Crippen LogP contribution in [0.5, 0.6) is 5.75 Å². The first-order valence-electron chi connectivity index (χ1n) is 9.80. The molecule has 9 heteroatoms. The number of halogens is 1. The van der Waals surface area contributed by atoms with E-state index in [0.29, 0.717) is 22.0 Å². The van der Waals surface area contributed by atoms with E-state index in [4.69, 9.17) is 14.0 Å². The van der Waals surface area contributed by atoms with Crippen LogP contribution in [0, 0.1) is 6.92 Å². The van der Waals surface area contributed by atoms with Gasteiger partial charge in [0, 0.05) is 19.4 Å². The van der Waals surface area contributed by atoms with Gasteiger partial charge in [0.05, 0.1) is 16.8 Å². The van der Waals surface area contributed by atoms with Crippen LogP contribution < -0.4 is 10.2 Å². The molecule has 170 valence electrons. The van der Waals surface area contributed by atoms with Crippen LogP contribution in [-0.4, -0.2) is 29.5 Å². The van der Waals surface area contributed by atoms with Gasteiger partial charge in [-0.05, 0) is 44.6 Å². The van der Waals surface area contributed by atoms with Gasteiger partial charge >= 0.3 is 5.97 Å². The molecule has 0 saturated heterocycles. The van der Waals surface area contributed by atoms with Crippen molar-refractivity contribution in [3.05, 3.63) is 57.7 Å². The monoisotopic (exact) mass is 445 g/mol. The third-order valence-electron chi connectivity index (χ3n) is 4.36. The Labute approximate surface area is 183 Å². The van der Waals surface area contributed by atoms with Gasteiger partial charge in [-0.3, -0.25) is 14.4 Å². The molecule has 0 saturated carbocycles. The maximum Gasteiger partial charge on any atom is 0.370 e. The lowest BCUT2D eigenvalue weighted by Gasteiger charge is -2.16. The van der Waals surface area contributed by atoms with Gasteiger partial charge in [-0.1, -0.05) is 13.0 Å². The Balaban J connectivity index is 2.23. The second-order valence-corrected chi connectivity index (χ2v) is 6.94. The summed E-state index contributed by atoms with van der Waals surface area (Å²) < 4.78 is 24.1. The molecule has 2 amide bonds. The fourth-order valence-corrected chi connectivity index (χ4v) is 2.86. The van der Waals surface area contributed by atoms with E-state index < -0.39 is 30.2 Å². The predicted octanol–water partition coefficient (Wildman–Crippen LogP) is 4.00. The summed E-state index contributed by atoms with van der Waals surface area (Å²) in [4.78, 5) is 52.7. The minimum absolute atomic E-state index is 0.0168. The van der Waals surface area contributed by atoms with Gasteiger partial charge in [-0.15, -0.1) is 5.06 Å². The second-order valence-electron chi connectivity index (χ2n) is 6.94. The van der Waals surface area contributed by atoms with Crippen LogP contribution in [0.2, 0.25) is 0 Å². The van der Waals surface area contributed by atoms with E-state index in [1.165, 1.54) is 44.2 Å². The Kier molecular flexibility index (Phi) is 8.06. The smallest absolute Gasteiger partial charge is 0.370 e. The van der Waals surface area contributed by atoms with Crippen LogP contribution in [0.15, 0.2) is 45.4 Å². The molecule has 2 rings (SSSR count). The van der Waals surface area contributed by atoms with Gasteiger partial charge in [0.2, 0.25) is 0 Å². The molecule has 0 aliphatic heterocycles. The number of amides is 2. The summed E-state index contributed by atoms with van der Waals surface area (Å²) in [6.07, 6.45) is 2.74. The molecule has 0 aliphatic carbocycles. The summed E-state index contributed by atoms with van der Waals surface area (Å²) in [5.74, 6) is -2.18. The van der Waals surface area contributed by atoms with Gasteiger partial charge in [-0.25, -0.2) is 9.18 Å². The van der Waals surface area contributed by atoms with E-state index >= 15 is 0 Å². The largest absolute Gasteiger partial charge is 0.482 e. The average molecular weight is 445 g/mol. The van der Waals surface area contributed by atoms with Crippen LogP contribution in [0.3, 0.4) is 0 Å². The van der Waals surface area contributed by atoms with Gasteiger partial charge < -0.3 is 14.0 Å². The number of rotatable bonds is 6. The van der Waals surface area contributed by atoms with E-state index in [2.05, 4.69) is 0 Å². The minimum atomic E-state index is -0.952. The van der Waals surface area contributed by atoms with Crippen LogP contribution in [0.4, 0.5) is 4.39 Å². The maximum absolute atomic E-state index is 13.0. The number of ether oxygens (including phenoxy) is 1. The average Bonchev–Trinajstić information content (AvgIpc) is 2.73. The lowest BCUT2D eigenvalue weighted by atomic mass is 10.0. The van der Waals surface area contributed by atoms with Crippen molar-refractivity contribution in [3.63, 3.8) is 0 Å².